The van der Waals surface area contributed by atoms with E-state index < -0.39 is 10.0 Å². The predicted molar refractivity (Wildman–Crippen MR) is 71.9 cm³/mol. The van der Waals surface area contributed by atoms with E-state index in [1.807, 2.05) is 4.31 Å². The van der Waals surface area contributed by atoms with Crippen molar-refractivity contribution in [3.05, 3.63) is 0 Å². The molecule has 0 spiro atoms. The van der Waals surface area contributed by atoms with Crippen LogP contribution in [0.3, 0.4) is 0 Å². The number of nitrogens with one attached hydrogen (secondary N) is 1. The minimum atomic E-state index is -3.01. The molecule has 3 fully saturated rings. The summed E-state index contributed by atoms with van der Waals surface area (Å²) in [5.41, 5.74) is 0. The second-order valence-electron chi connectivity index (χ2n) is 6.10. The summed E-state index contributed by atoms with van der Waals surface area (Å²) < 4.78 is 26.8. The Morgan fingerprint density at radius 2 is 1.89 bits per heavy atom. The van der Waals surface area contributed by atoms with E-state index in [0.717, 1.165) is 45.2 Å². The van der Waals surface area contributed by atoms with Crippen molar-refractivity contribution in [1.29, 1.82) is 0 Å². The van der Waals surface area contributed by atoms with Crippen LogP contribution in [0.5, 0.6) is 0 Å². The minimum Gasteiger partial charge on any atom is -0.312 e. The lowest BCUT2D eigenvalue weighted by Crippen LogP contribution is -2.53. The molecule has 4 nitrogen and oxygen atoms in total. The standard InChI is InChI=1S/C13H24N2O2S/c16-18(17,10-11-6-7-11)15-9-2-1-5-13(15)12-4-3-8-14-12/h11-14H,1-10H2. The molecule has 3 aliphatic rings. The smallest absolute Gasteiger partial charge is 0.214 e. The molecular formula is C13H24N2O2S. The van der Waals surface area contributed by atoms with Crippen LogP contribution in [-0.2, 0) is 10.0 Å². The number of piperidine rings is 1. The maximum absolute atomic E-state index is 12.5. The molecule has 3 rings (SSSR count). The van der Waals surface area contributed by atoms with Crippen LogP contribution in [0, 0.1) is 5.92 Å². The number of sulfonamides is 1. The van der Waals surface area contributed by atoms with Gasteiger partial charge in [0.25, 0.3) is 0 Å². The molecule has 5 heteroatoms. The second kappa shape index (κ2) is 5.10. The minimum absolute atomic E-state index is 0.227. The lowest BCUT2D eigenvalue weighted by Gasteiger charge is -2.38. The Labute approximate surface area is 110 Å². The highest BCUT2D eigenvalue weighted by molar-refractivity contribution is 7.89. The number of nitrogens with zero attached hydrogens (tertiary/aromatic N) is 1. The summed E-state index contributed by atoms with van der Waals surface area (Å²) in [6.45, 7) is 1.80. The van der Waals surface area contributed by atoms with E-state index in [2.05, 4.69) is 5.32 Å². The van der Waals surface area contributed by atoms with Crippen LogP contribution >= 0.6 is 0 Å². The van der Waals surface area contributed by atoms with Crippen molar-refractivity contribution >= 4 is 10.0 Å². The summed E-state index contributed by atoms with van der Waals surface area (Å²) in [4.78, 5) is 0. The molecule has 1 aliphatic carbocycles. The van der Waals surface area contributed by atoms with E-state index in [-0.39, 0.29) is 6.04 Å². The molecule has 1 saturated carbocycles. The van der Waals surface area contributed by atoms with Crippen LogP contribution < -0.4 is 5.32 Å². The van der Waals surface area contributed by atoms with Gasteiger partial charge in [-0.15, -0.1) is 0 Å². The van der Waals surface area contributed by atoms with Gasteiger partial charge in [-0.1, -0.05) is 6.42 Å². The van der Waals surface area contributed by atoms with Crippen LogP contribution in [0.4, 0.5) is 0 Å². The maximum Gasteiger partial charge on any atom is 0.214 e. The molecule has 2 aliphatic heterocycles. The van der Waals surface area contributed by atoms with Gasteiger partial charge in [-0.05, 0) is 51.0 Å². The fourth-order valence-corrected chi connectivity index (χ4v) is 5.59. The van der Waals surface area contributed by atoms with E-state index in [1.54, 1.807) is 0 Å². The molecule has 1 N–H and O–H groups in total. The van der Waals surface area contributed by atoms with Crippen LogP contribution in [-0.4, -0.2) is 43.6 Å². The van der Waals surface area contributed by atoms with E-state index in [4.69, 9.17) is 0 Å². The zero-order valence-corrected chi connectivity index (χ0v) is 11.8. The lowest BCUT2D eigenvalue weighted by molar-refractivity contribution is 0.210. The fourth-order valence-electron chi connectivity index (χ4n) is 3.40. The molecule has 104 valence electrons. The molecule has 2 heterocycles. The normalized spacial score (nSPS) is 34.9. The SMILES string of the molecule is O=S(=O)(CC1CC1)N1CCCCC1C1CCCN1. The zero-order valence-electron chi connectivity index (χ0n) is 11.0. The van der Waals surface area contributed by atoms with Gasteiger partial charge < -0.3 is 5.32 Å². The molecule has 0 amide bonds. The first-order valence-corrected chi connectivity index (χ1v) is 9.00. The van der Waals surface area contributed by atoms with Gasteiger partial charge in [0.2, 0.25) is 10.0 Å². The summed E-state index contributed by atoms with van der Waals surface area (Å²) >= 11 is 0. The number of hydrogen-bond donors (Lipinski definition) is 1. The third-order valence-electron chi connectivity index (χ3n) is 4.56. The Balaban J connectivity index is 1.73. The highest BCUT2D eigenvalue weighted by Crippen LogP contribution is 2.34. The summed E-state index contributed by atoms with van der Waals surface area (Å²) in [6, 6.07) is 0.629. The highest BCUT2D eigenvalue weighted by Gasteiger charge is 2.40. The molecule has 2 atom stereocenters. The molecule has 0 radical (unpaired) electrons. The number of rotatable bonds is 4. The molecule has 2 unspecified atom stereocenters. The largest absolute Gasteiger partial charge is 0.312 e. The molecule has 2 saturated heterocycles. The van der Waals surface area contributed by atoms with E-state index in [9.17, 15) is 8.42 Å². The first-order valence-electron chi connectivity index (χ1n) is 7.40. The quantitative estimate of drug-likeness (QED) is 0.840. The monoisotopic (exact) mass is 272 g/mol. The molecule has 0 bridgehead atoms. The van der Waals surface area contributed by atoms with Gasteiger partial charge in [-0.2, -0.15) is 4.31 Å². The fraction of sp³-hybridized carbons (Fsp3) is 1.00. The molecule has 0 aromatic heterocycles. The highest BCUT2D eigenvalue weighted by atomic mass is 32.2. The Kier molecular flexibility index (Phi) is 3.65. The average Bonchev–Trinajstić information content (AvgIpc) is 2.98. The summed E-state index contributed by atoms with van der Waals surface area (Å²) in [6.07, 6.45) is 7.81. The topological polar surface area (TPSA) is 49.4 Å². The molecule has 0 aromatic rings. The Morgan fingerprint density at radius 3 is 2.56 bits per heavy atom. The van der Waals surface area contributed by atoms with Crippen LogP contribution in [0.15, 0.2) is 0 Å². The first-order chi connectivity index (χ1) is 8.67. The van der Waals surface area contributed by atoms with E-state index in [0.29, 0.717) is 17.7 Å². The van der Waals surface area contributed by atoms with Crippen molar-refractivity contribution in [2.75, 3.05) is 18.8 Å². The lowest BCUT2D eigenvalue weighted by atomic mass is 9.97. The summed E-state index contributed by atoms with van der Waals surface area (Å²) in [5.74, 6) is 0.852. The van der Waals surface area contributed by atoms with Crippen molar-refractivity contribution in [2.45, 2.75) is 57.0 Å². The Bertz CT molecular complexity index is 386. The van der Waals surface area contributed by atoms with Crippen molar-refractivity contribution in [2.24, 2.45) is 5.92 Å². The van der Waals surface area contributed by atoms with Gasteiger partial charge in [0.15, 0.2) is 0 Å². The van der Waals surface area contributed by atoms with Crippen LogP contribution in [0.1, 0.15) is 44.9 Å². The summed E-state index contributed by atoms with van der Waals surface area (Å²) in [5, 5.41) is 3.49. The molecular weight excluding hydrogens is 248 g/mol. The van der Waals surface area contributed by atoms with Gasteiger partial charge in [0.05, 0.1) is 5.75 Å². The number of hydrogen-bond acceptors (Lipinski definition) is 3. The van der Waals surface area contributed by atoms with Gasteiger partial charge >= 0.3 is 0 Å². The van der Waals surface area contributed by atoms with E-state index >= 15 is 0 Å². The van der Waals surface area contributed by atoms with Crippen molar-refractivity contribution in [3.8, 4) is 0 Å². The summed E-state index contributed by atoms with van der Waals surface area (Å²) in [7, 11) is -3.01. The van der Waals surface area contributed by atoms with Crippen molar-refractivity contribution in [3.63, 3.8) is 0 Å². The van der Waals surface area contributed by atoms with Crippen molar-refractivity contribution in [1.82, 2.24) is 9.62 Å². The van der Waals surface area contributed by atoms with Gasteiger partial charge in [-0.3, -0.25) is 0 Å². The zero-order chi connectivity index (χ0) is 12.6. The predicted octanol–water partition coefficient (Wildman–Crippen LogP) is 1.33. The third kappa shape index (κ3) is 2.73. The van der Waals surface area contributed by atoms with Crippen LogP contribution in [0.2, 0.25) is 0 Å². The van der Waals surface area contributed by atoms with Gasteiger partial charge in [-0.25, -0.2) is 8.42 Å². The van der Waals surface area contributed by atoms with Gasteiger partial charge in [0, 0.05) is 18.6 Å². The molecule has 18 heavy (non-hydrogen) atoms. The van der Waals surface area contributed by atoms with Crippen LogP contribution in [0.25, 0.3) is 0 Å². The average molecular weight is 272 g/mol. The Morgan fingerprint density at radius 1 is 1.06 bits per heavy atom. The van der Waals surface area contributed by atoms with E-state index in [1.165, 1.54) is 12.8 Å². The molecule has 0 aromatic carbocycles. The third-order valence-corrected chi connectivity index (χ3v) is 6.62. The second-order valence-corrected chi connectivity index (χ2v) is 8.06. The first kappa shape index (κ1) is 12.9. The van der Waals surface area contributed by atoms with Crippen molar-refractivity contribution < 1.29 is 8.42 Å². The van der Waals surface area contributed by atoms with Gasteiger partial charge in [0.1, 0.15) is 0 Å². The Hall–Kier alpha value is -0.130. The maximum atomic E-state index is 12.5.